The monoisotopic (exact) mass is 199 g/mol. The van der Waals surface area contributed by atoms with Crippen LogP contribution in [0, 0.1) is 5.92 Å². The van der Waals surface area contributed by atoms with E-state index in [1.807, 2.05) is 0 Å². The molecule has 2 heteroatoms. The van der Waals surface area contributed by atoms with Gasteiger partial charge >= 0.3 is 0 Å². The predicted octanol–water partition coefficient (Wildman–Crippen LogP) is 2.58. The highest BCUT2D eigenvalue weighted by Gasteiger charge is 2.31. The maximum Gasteiger partial charge on any atom is 0.0655 e. The highest BCUT2D eigenvalue weighted by molar-refractivity contribution is 4.82. The summed E-state index contributed by atoms with van der Waals surface area (Å²) < 4.78 is 5.82. The quantitative estimate of drug-likeness (QED) is 0.751. The number of ether oxygens (including phenoxy) is 1. The first kappa shape index (κ1) is 12.0. The van der Waals surface area contributed by atoms with Crippen LogP contribution in [0.2, 0.25) is 0 Å². The Labute approximate surface area is 88.4 Å². The van der Waals surface area contributed by atoms with Crippen molar-refractivity contribution in [3.05, 3.63) is 0 Å². The molecule has 1 fully saturated rings. The van der Waals surface area contributed by atoms with E-state index in [0.29, 0.717) is 6.04 Å². The molecule has 0 aromatic heterocycles. The number of nitrogens with one attached hydrogen (secondary N) is 1. The summed E-state index contributed by atoms with van der Waals surface area (Å²) >= 11 is 0. The van der Waals surface area contributed by atoms with Gasteiger partial charge in [0.25, 0.3) is 0 Å². The molecule has 1 saturated heterocycles. The SMILES string of the molecule is CCC1(C)CC(CNC(C)C)CCO1. The molecule has 2 unspecified atom stereocenters. The van der Waals surface area contributed by atoms with E-state index in [1.54, 1.807) is 0 Å². The summed E-state index contributed by atoms with van der Waals surface area (Å²) in [6.07, 6.45) is 3.56. The topological polar surface area (TPSA) is 21.3 Å². The molecule has 0 aliphatic carbocycles. The van der Waals surface area contributed by atoms with E-state index >= 15 is 0 Å². The standard InChI is InChI=1S/C12H25NO/c1-5-12(4)8-11(6-7-14-12)9-13-10(2)3/h10-11,13H,5-9H2,1-4H3. The summed E-state index contributed by atoms with van der Waals surface area (Å²) in [5, 5.41) is 3.52. The van der Waals surface area contributed by atoms with Crippen LogP contribution in [0.5, 0.6) is 0 Å². The van der Waals surface area contributed by atoms with E-state index < -0.39 is 0 Å². The molecule has 1 heterocycles. The van der Waals surface area contributed by atoms with Crippen LogP contribution in [0.25, 0.3) is 0 Å². The van der Waals surface area contributed by atoms with Crippen LogP contribution in [0.3, 0.4) is 0 Å². The van der Waals surface area contributed by atoms with Crippen molar-refractivity contribution in [3.63, 3.8) is 0 Å². The van der Waals surface area contributed by atoms with Gasteiger partial charge in [0, 0.05) is 12.6 Å². The van der Waals surface area contributed by atoms with Crippen molar-refractivity contribution in [1.82, 2.24) is 5.32 Å². The van der Waals surface area contributed by atoms with Crippen LogP contribution in [0.1, 0.15) is 47.0 Å². The molecule has 0 spiro atoms. The van der Waals surface area contributed by atoms with Crippen LogP contribution >= 0.6 is 0 Å². The van der Waals surface area contributed by atoms with Crippen molar-refractivity contribution in [2.45, 2.75) is 58.6 Å². The van der Waals surface area contributed by atoms with Crippen LogP contribution in [-0.4, -0.2) is 24.8 Å². The Bertz CT molecular complexity index is 170. The molecular weight excluding hydrogens is 174 g/mol. The van der Waals surface area contributed by atoms with Crippen molar-refractivity contribution < 1.29 is 4.74 Å². The fourth-order valence-corrected chi connectivity index (χ4v) is 2.07. The predicted molar refractivity (Wildman–Crippen MR) is 60.5 cm³/mol. The van der Waals surface area contributed by atoms with E-state index in [1.165, 1.54) is 12.8 Å². The van der Waals surface area contributed by atoms with Gasteiger partial charge in [-0.05, 0) is 38.6 Å². The Balaban J connectivity index is 2.33. The van der Waals surface area contributed by atoms with Crippen LogP contribution < -0.4 is 5.32 Å². The molecule has 0 aromatic carbocycles. The normalized spacial score (nSPS) is 33.6. The third kappa shape index (κ3) is 3.58. The Kier molecular flexibility index (Phi) is 4.39. The summed E-state index contributed by atoms with van der Waals surface area (Å²) in [6.45, 7) is 11.0. The van der Waals surface area contributed by atoms with Gasteiger partial charge in [-0.1, -0.05) is 20.8 Å². The van der Waals surface area contributed by atoms with E-state index in [4.69, 9.17) is 4.74 Å². The summed E-state index contributed by atoms with van der Waals surface area (Å²) in [4.78, 5) is 0. The minimum absolute atomic E-state index is 0.140. The van der Waals surface area contributed by atoms with Crippen LogP contribution in [-0.2, 0) is 4.74 Å². The summed E-state index contributed by atoms with van der Waals surface area (Å²) in [5.41, 5.74) is 0.140. The third-order valence-corrected chi connectivity index (χ3v) is 3.26. The molecular formula is C12H25NO. The smallest absolute Gasteiger partial charge is 0.0655 e. The number of rotatable bonds is 4. The lowest BCUT2D eigenvalue weighted by atomic mass is 9.85. The van der Waals surface area contributed by atoms with Gasteiger partial charge in [0.2, 0.25) is 0 Å². The summed E-state index contributed by atoms with van der Waals surface area (Å²) in [5.74, 6) is 0.802. The van der Waals surface area contributed by atoms with Gasteiger partial charge in [0.05, 0.1) is 5.60 Å². The Morgan fingerprint density at radius 2 is 2.21 bits per heavy atom. The minimum atomic E-state index is 0.140. The summed E-state index contributed by atoms with van der Waals surface area (Å²) in [7, 11) is 0. The molecule has 1 aliphatic rings. The summed E-state index contributed by atoms with van der Waals surface area (Å²) in [6, 6.07) is 0.603. The largest absolute Gasteiger partial charge is 0.375 e. The molecule has 0 saturated carbocycles. The lowest BCUT2D eigenvalue weighted by molar-refractivity contribution is -0.0866. The van der Waals surface area contributed by atoms with Gasteiger partial charge in [-0.15, -0.1) is 0 Å². The molecule has 14 heavy (non-hydrogen) atoms. The average Bonchev–Trinajstić information content (AvgIpc) is 2.15. The molecule has 1 N–H and O–H groups in total. The zero-order chi connectivity index (χ0) is 10.6. The van der Waals surface area contributed by atoms with Crippen molar-refractivity contribution in [2.24, 2.45) is 5.92 Å². The molecule has 0 aromatic rings. The molecule has 1 aliphatic heterocycles. The fraction of sp³-hybridized carbons (Fsp3) is 1.00. The lowest BCUT2D eigenvalue weighted by Gasteiger charge is -2.38. The second-order valence-corrected chi connectivity index (χ2v) is 5.07. The van der Waals surface area contributed by atoms with Gasteiger partial charge in [-0.2, -0.15) is 0 Å². The molecule has 1 rings (SSSR count). The second-order valence-electron chi connectivity index (χ2n) is 5.07. The molecule has 2 nitrogen and oxygen atoms in total. The maximum absolute atomic E-state index is 5.82. The first-order chi connectivity index (χ1) is 6.56. The van der Waals surface area contributed by atoms with E-state index in [2.05, 4.69) is 33.0 Å². The highest BCUT2D eigenvalue weighted by Crippen LogP contribution is 2.31. The molecule has 84 valence electrons. The zero-order valence-electron chi connectivity index (χ0n) is 10.1. The first-order valence-electron chi connectivity index (χ1n) is 5.93. The molecule has 0 amide bonds. The van der Waals surface area contributed by atoms with Gasteiger partial charge in [-0.3, -0.25) is 0 Å². The minimum Gasteiger partial charge on any atom is -0.375 e. The Hall–Kier alpha value is -0.0800. The van der Waals surface area contributed by atoms with E-state index in [-0.39, 0.29) is 5.60 Å². The molecule has 0 radical (unpaired) electrons. The lowest BCUT2D eigenvalue weighted by Crippen LogP contribution is -2.40. The number of hydrogen-bond donors (Lipinski definition) is 1. The number of hydrogen-bond acceptors (Lipinski definition) is 2. The zero-order valence-corrected chi connectivity index (χ0v) is 10.1. The Morgan fingerprint density at radius 3 is 2.79 bits per heavy atom. The van der Waals surface area contributed by atoms with Gasteiger partial charge < -0.3 is 10.1 Å². The Morgan fingerprint density at radius 1 is 1.50 bits per heavy atom. The van der Waals surface area contributed by atoms with Crippen molar-refractivity contribution in [1.29, 1.82) is 0 Å². The third-order valence-electron chi connectivity index (χ3n) is 3.26. The fourth-order valence-electron chi connectivity index (χ4n) is 2.07. The first-order valence-corrected chi connectivity index (χ1v) is 5.93. The van der Waals surface area contributed by atoms with E-state index in [0.717, 1.165) is 25.5 Å². The molecule has 0 bridgehead atoms. The van der Waals surface area contributed by atoms with Crippen LogP contribution in [0.15, 0.2) is 0 Å². The van der Waals surface area contributed by atoms with Crippen molar-refractivity contribution in [2.75, 3.05) is 13.2 Å². The highest BCUT2D eigenvalue weighted by atomic mass is 16.5. The molecule has 2 atom stereocenters. The van der Waals surface area contributed by atoms with Gasteiger partial charge in [0.1, 0.15) is 0 Å². The van der Waals surface area contributed by atoms with Crippen LogP contribution in [0.4, 0.5) is 0 Å². The average molecular weight is 199 g/mol. The van der Waals surface area contributed by atoms with Gasteiger partial charge in [0.15, 0.2) is 0 Å². The maximum atomic E-state index is 5.82. The van der Waals surface area contributed by atoms with Crippen molar-refractivity contribution >= 4 is 0 Å². The van der Waals surface area contributed by atoms with Crippen molar-refractivity contribution in [3.8, 4) is 0 Å². The van der Waals surface area contributed by atoms with E-state index in [9.17, 15) is 0 Å². The van der Waals surface area contributed by atoms with Gasteiger partial charge in [-0.25, -0.2) is 0 Å². The second kappa shape index (κ2) is 5.13.